The number of hydrogen-bond donors (Lipinski definition) is 1. The highest BCUT2D eigenvalue weighted by Gasteiger charge is 2.17. The molecule has 1 N–H and O–H groups in total. The number of amides is 1. The van der Waals surface area contributed by atoms with E-state index in [0.29, 0.717) is 5.69 Å². The summed E-state index contributed by atoms with van der Waals surface area (Å²) in [6, 6.07) is 9.22. The number of carbonyl (C=O) groups is 1. The Morgan fingerprint density at radius 2 is 1.89 bits per heavy atom. The van der Waals surface area contributed by atoms with Crippen LogP contribution in [0, 0.1) is 0 Å². The molecule has 0 aliphatic heterocycles. The fourth-order valence-corrected chi connectivity index (χ4v) is 3.25. The number of hydrogen-bond acceptors (Lipinski definition) is 5. The molecule has 0 aliphatic rings. The fraction of sp³-hybridized carbons (Fsp3) is 0.0833. The first kappa shape index (κ1) is 13.6. The Morgan fingerprint density at radius 3 is 2.42 bits per heavy atom. The quantitative estimate of drug-likeness (QED) is 0.880. The van der Waals surface area contributed by atoms with Gasteiger partial charge in [0, 0.05) is 12.6 Å². The maximum absolute atomic E-state index is 11.8. The highest BCUT2D eigenvalue weighted by Crippen LogP contribution is 2.23. The van der Waals surface area contributed by atoms with E-state index in [9.17, 15) is 13.2 Å². The van der Waals surface area contributed by atoms with E-state index in [-0.39, 0.29) is 15.9 Å². The molecule has 1 aromatic heterocycles. The average molecular weight is 297 g/mol. The van der Waals surface area contributed by atoms with Gasteiger partial charge in [0.05, 0.1) is 0 Å². The van der Waals surface area contributed by atoms with Crippen molar-refractivity contribution in [3.8, 4) is 5.75 Å². The minimum atomic E-state index is -3.77. The van der Waals surface area contributed by atoms with Gasteiger partial charge in [-0.05, 0) is 35.7 Å². The predicted molar refractivity (Wildman–Crippen MR) is 72.9 cm³/mol. The molecule has 0 bridgehead atoms. The second kappa shape index (κ2) is 5.41. The van der Waals surface area contributed by atoms with Gasteiger partial charge < -0.3 is 9.50 Å². The Hall–Kier alpha value is -1.86. The second-order valence-corrected chi connectivity index (χ2v) is 6.40. The Kier molecular flexibility index (Phi) is 3.87. The van der Waals surface area contributed by atoms with Gasteiger partial charge in [0.1, 0.15) is 5.75 Å². The Bertz CT molecular complexity index is 660. The van der Waals surface area contributed by atoms with Gasteiger partial charge in [-0.2, -0.15) is 8.42 Å². The molecule has 1 heterocycles. The van der Waals surface area contributed by atoms with Gasteiger partial charge in [0.25, 0.3) is 0 Å². The highest BCUT2D eigenvalue weighted by atomic mass is 32.3. The fourth-order valence-electron chi connectivity index (χ4n) is 1.37. The monoisotopic (exact) mass is 297 g/mol. The van der Waals surface area contributed by atoms with Gasteiger partial charge in [-0.3, -0.25) is 4.79 Å². The summed E-state index contributed by atoms with van der Waals surface area (Å²) < 4.78 is 28.8. The average Bonchev–Trinajstić information content (AvgIpc) is 2.85. The van der Waals surface area contributed by atoms with E-state index in [2.05, 4.69) is 5.32 Å². The van der Waals surface area contributed by atoms with E-state index in [1.807, 2.05) is 0 Å². The number of benzene rings is 1. The molecular formula is C12H11NO4S2. The van der Waals surface area contributed by atoms with Crippen molar-refractivity contribution in [2.24, 2.45) is 0 Å². The summed E-state index contributed by atoms with van der Waals surface area (Å²) in [6.07, 6.45) is 0. The molecule has 0 spiro atoms. The van der Waals surface area contributed by atoms with Crippen LogP contribution in [0.5, 0.6) is 5.75 Å². The molecule has 2 rings (SSSR count). The summed E-state index contributed by atoms with van der Waals surface area (Å²) in [5, 5.41) is 4.24. The van der Waals surface area contributed by atoms with E-state index >= 15 is 0 Å². The zero-order valence-corrected chi connectivity index (χ0v) is 11.6. The molecule has 0 aliphatic carbocycles. The van der Waals surface area contributed by atoms with Crippen molar-refractivity contribution < 1.29 is 17.4 Å². The molecule has 1 aromatic carbocycles. The number of nitrogens with one attached hydrogen (secondary N) is 1. The minimum absolute atomic E-state index is 0.151. The van der Waals surface area contributed by atoms with Crippen molar-refractivity contribution in [2.75, 3.05) is 5.32 Å². The summed E-state index contributed by atoms with van der Waals surface area (Å²) in [4.78, 5) is 10.8. The molecule has 0 unspecified atom stereocenters. The minimum Gasteiger partial charge on any atom is -0.378 e. The standard InChI is InChI=1S/C12H11NO4S2/c1-9(14)13-10-4-6-11(7-5-10)17-19(15,16)12-3-2-8-18-12/h2-8H,1H3,(H,13,14). The SMILES string of the molecule is CC(=O)Nc1ccc(OS(=O)(=O)c2cccs2)cc1. The van der Waals surface area contributed by atoms with Gasteiger partial charge in [0.15, 0.2) is 4.21 Å². The van der Waals surface area contributed by atoms with Crippen LogP contribution in [-0.2, 0) is 14.9 Å². The van der Waals surface area contributed by atoms with Gasteiger partial charge in [0.2, 0.25) is 5.91 Å². The first-order valence-corrected chi connectivity index (χ1v) is 7.62. The van der Waals surface area contributed by atoms with Crippen molar-refractivity contribution in [3.05, 3.63) is 41.8 Å². The van der Waals surface area contributed by atoms with Crippen LogP contribution in [0.1, 0.15) is 6.92 Å². The topological polar surface area (TPSA) is 72.5 Å². The Morgan fingerprint density at radius 1 is 1.21 bits per heavy atom. The van der Waals surface area contributed by atoms with Crippen molar-refractivity contribution in [1.82, 2.24) is 0 Å². The molecule has 100 valence electrons. The molecule has 0 fully saturated rings. The second-order valence-electron chi connectivity index (χ2n) is 3.68. The van der Waals surface area contributed by atoms with Crippen LogP contribution < -0.4 is 9.50 Å². The molecule has 19 heavy (non-hydrogen) atoms. The van der Waals surface area contributed by atoms with E-state index in [4.69, 9.17) is 4.18 Å². The van der Waals surface area contributed by atoms with Gasteiger partial charge in [-0.15, -0.1) is 11.3 Å². The third-order valence-electron chi connectivity index (χ3n) is 2.12. The maximum atomic E-state index is 11.8. The summed E-state index contributed by atoms with van der Waals surface area (Å²) in [6.45, 7) is 1.39. The molecule has 0 saturated heterocycles. The van der Waals surface area contributed by atoms with Crippen LogP contribution in [0.3, 0.4) is 0 Å². The van der Waals surface area contributed by atoms with Crippen molar-refractivity contribution in [3.63, 3.8) is 0 Å². The van der Waals surface area contributed by atoms with Crippen LogP contribution in [0.4, 0.5) is 5.69 Å². The lowest BCUT2D eigenvalue weighted by Gasteiger charge is -2.06. The molecule has 1 amide bonds. The predicted octanol–water partition coefficient (Wildman–Crippen LogP) is 2.47. The summed E-state index contributed by atoms with van der Waals surface area (Å²) in [5.41, 5.74) is 0.577. The largest absolute Gasteiger partial charge is 0.378 e. The van der Waals surface area contributed by atoms with Crippen LogP contribution in [-0.4, -0.2) is 14.3 Å². The number of rotatable bonds is 4. The molecule has 0 saturated carbocycles. The Labute approximate surface area is 115 Å². The van der Waals surface area contributed by atoms with E-state index in [1.165, 1.54) is 25.1 Å². The third kappa shape index (κ3) is 3.55. The third-order valence-corrected chi connectivity index (χ3v) is 4.73. The smallest absolute Gasteiger partial charge is 0.348 e. The summed E-state index contributed by atoms with van der Waals surface area (Å²) in [5.74, 6) is 0.00220. The molecule has 2 aromatic rings. The zero-order chi connectivity index (χ0) is 13.9. The van der Waals surface area contributed by atoms with Crippen LogP contribution in [0.25, 0.3) is 0 Å². The van der Waals surface area contributed by atoms with E-state index < -0.39 is 10.1 Å². The molecule has 7 heteroatoms. The number of thiophene rings is 1. The van der Waals surface area contributed by atoms with Gasteiger partial charge >= 0.3 is 10.1 Å². The van der Waals surface area contributed by atoms with E-state index in [0.717, 1.165) is 11.3 Å². The van der Waals surface area contributed by atoms with Crippen molar-refractivity contribution in [2.45, 2.75) is 11.1 Å². The molecular weight excluding hydrogens is 286 g/mol. The summed E-state index contributed by atoms with van der Waals surface area (Å²) in [7, 11) is -3.77. The lowest BCUT2D eigenvalue weighted by Crippen LogP contribution is -2.08. The maximum Gasteiger partial charge on any atom is 0.348 e. The molecule has 5 nitrogen and oxygen atoms in total. The van der Waals surface area contributed by atoms with Crippen LogP contribution >= 0.6 is 11.3 Å². The van der Waals surface area contributed by atoms with Gasteiger partial charge in [-0.25, -0.2) is 0 Å². The number of anilines is 1. The zero-order valence-electron chi connectivity index (χ0n) is 9.99. The lowest BCUT2D eigenvalue weighted by molar-refractivity contribution is -0.114. The van der Waals surface area contributed by atoms with E-state index in [1.54, 1.807) is 23.6 Å². The summed E-state index contributed by atoms with van der Waals surface area (Å²) >= 11 is 1.09. The van der Waals surface area contributed by atoms with Crippen LogP contribution in [0.2, 0.25) is 0 Å². The number of carbonyl (C=O) groups excluding carboxylic acids is 1. The molecule has 0 radical (unpaired) electrons. The van der Waals surface area contributed by atoms with Crippen molar-refractivity contribution >= 4 is 33.0 Å². The Balaban J connectivity index is 2.14. The molecule has 0 atom stereocenters. The first-order valence-electron chi connectivity index (χ1n) is 5.33. The van der Waals surface area contributed by atoms with Crippen molar-refractivity contribution in [1.29, 1.82) is 0 Å². The normalized spacial score (nSPS) is 11.0. The van der Waals surface area contributed by atoms with Gasteiger partial charge in [-0.1, -0.05) is 6.07 Å². The van der Waals surface area contributed by atoms with Crippen LogP contribution in [0.15, 0.2) is 46.0 Å². The highest BCUT2D eigenvalue weighted by molar-refractivity contribution is 7.89. The first-order chi connectivity index (χ1) is 8.97. The lowest BCUT2D eigenvalue weighted by atomic mass is 10.3.